The second-order valence-electron chi connectivity index (χ2n) is 10.7. The van der Waals surface area contributed by atoms with Gasteiger partial charge >= 0.3 is 0 Å². The summed E-state index contributed by atoms with van der Waals surface area (Å²) in [7, 11) is 0. The highest BCUT2D eigenvalue weighted by atomic mass is 16.1. The van der Waals surface area contributed by atoms with Crippen molar-refractivity contribution < 1.29 is 9.59 Å². The lowest BCUT2D eigenvalue weighted by Gasteiger charge is -2.33. The van der Waals surface area contributed by atoms with Gasteiger partial charge in [0.1, 0.15) is 12.6 Å². The fourth-order valence-electron chi connectivity index (χ4n) is 6.12. The molecule has 0 heterocycles. The Bertz CT molecular complexity index is 973. The highest BCUT2D eigenvalue weighted by molar-refractivity contribution is 5.85. The largest absolute Gasteiger partial charge is 0.299 e. The molecular weight excluding hydrogens is 452 g/mol. The zero-order valence-corrected chi connectivity index (χ0v) is 23.1. The predicted molar refractivity (Wildman–Crippen MR) is 159 cm³/mol. The zero-order valence-electron chi connectivity index (χ0n) is 23.1. The molecule has 0 fully saturated rings. The number of aldehydes is 2. The summed E-state index contributed by atoms with van der Waals surface area (Å²) in [6.07, 6.45) is 26.5. The van der Waals surface area contributed by atoms with E-state index in [0.717, 1.165) is 36.5 Å². The number of rotatable bonds is 18. The first-order chi connectivity index (χ1) is 18.2. The predicted octanol–water partition coefficient (Wildman–Crippen LogP) is 9.88. The number of benzene rings is 2. The van der Waals surface area contributed by atoms with Crippen LogP contribution >= 0.6 is 0 Å². The van der Waals surface area contributed by atoms with Crippen molar-refractivity contribution in [1.29, 1.82) is 0 Å². The number of carbonyl (C=O) groups is 2. The van der Waals surface area contributed by atoms with Gasteiger partial charge in [-0.2, -0.15) is 0 Å². The average molecular weight is 499 g/mol. The maximum atomic E-state index is 11.0. The SMILES string of the molecule is CCCCCCCCC1(CCCCCCCC)c2cc(/C=C/C=O)ccc2-c2ccc(/C=C/C=O)cc21. The molecule has 0 N–H and O–H groups in total. The van der Waals surface area contributed by atoms with Crippen molar-refractivity contribution in [2.75, 3.05) is 0 Å². The van der Waals surface area contributed by atoms with Crippen LogP contribution in [0.4, 0.5) is 0 Å². The fraction of sp³-hybridized carbons (Fsp3) is 0.486. The minimum Gasteiger partial charge on any atom is -0.299 e. The Hall–Kier alpha value is -2.74. The lowest BCUT2D eigenvalue weighted by molar-refractivity contribution is -0.104. The minimum absolute atomic E-state index is 0.0176. The second kappa shape index (κ2) is 15.5. The van der Waals surface area contributed by atoms with Gasteiger partial charge in [-0.15, -0.1) is 0 Å². The number of fused-ring (bicyclic) bond motifs is 3. The molecule has 2 heteroatoms. The smallest absolute Gasteiger partial charge is 0.142 e. The number of unbranched alkanes of at least 4 members (excludes halogenated alkanes) is 10. The van der Waals surface area contributed by atoms with Crippen LogP contribution in [0.3, 0.4) is 0 Å². The maximum absolute atomic E-state index is 11.0. The van der Waals surface area contributed by atoms with Gasteiger partial charge < -0.3 is 0 Å². The van der Waals surface area contributed by atoms with Crippen molar-refractivity contribution in [2.45, 2.75) is 109 Å². The highest BCUT2D eigenvalue weighted by Crippen LogP contribution is 2.54. The first-order valence-electron chi connectivity index (χ1n) is 14.7. The molecule has 198 valence electrons. The quantitative estimate of drug-likeness (QED) is 0.116. The zero-order chi connectivity index (χ0) is 26.3. The topological polar surface area (TPSA) is 34.1 Å². The Morgan fingerprint density at radius 1 is 0.568 bits per heavy atom. The molecule has 1 aliphatic carbocycles. The minimum atomic E-state index is -0.0176. The molecule has 2 aromatic rings. The molecule has 2 nitrogen and oxygen atoms in total. The van der Waals surface area contributed by atoms with Crippen molar-refractivity contribution in [1.82, 2.24) is 0 Å². The number of carbonyl (C=O) groups excluding carboxylic acids is 2. The molecular formula is C35H46O2. The Morgan fingerprint density at radius 3 is 1.38 bits per heavy atom. The summed E-state index contributed by atoms with van der Waals surface area (Å²) in [5.74, 6) is 0. The summed E-state index contributed by atoms with van der Waals surface area (Å²) in [5, 5.41) is 0. The Kier molecular flexibility index (Phi) is 12.1. The molecule has 1 aliphatic rings. The van der Waals surface area contributed by atoms with E-state index in [2.05, 4.69) is 50.2 Å². The molecule has 0 atom stereocenters. The lowest BCUT2D eigenvalue weighted by atomic mass is 9.70. The van der Waals surface area contributed by atoms with E-state index in [4.69, 9.17) is 0 Å². The Labute approximate surface area is 225 Å². The van der Waals surface area contributed by atoms with Crippen LogP contribution in [-0.2, 0) is 15.0 Å². The van der Waals surface area contributed by atoms with Crippen LogP contribution in [0.5, 0.6) is 0 Å². The second-order valence-corrected chi connectivity index (χ2v) is 10.7. The van der Waals surface area contributed by atoms with Gasteiger partial charge in [0.05, 0.1) is 0 Å². The van der Waals surface area contributed by atoms with Crippen LogP contribution in [0.1, 0.15) is 126 Å². The highest BCUT2D eigenvalue weighted by Gasteiger charge is 2.42. The number of allylic oxidation sites excluding steroid dienone is 2. The summed E-state index contributed by atoms with van der Waals surface area (Å²) in [5.41, 5.74) is 7.69. The van der Waals surface area contributed by atoms with Crippen molar-refractivity contribution in [3.63, 3.8) is 0 Å². The van der Waals surface area contributed by atoms with E-state index in [9.17, 15) is 9.59 Å². The van der Waals surface area contributed by atoms with Crippen molar-refractivity contribution in [2.24, 2.45) is 0 Å². The summed E-state index contributed by atoms with van der Waals surface area (Å²) < 4.78 is 0. The van der Waals surface area contributed by atoms with Crippen molar-refractivity contribution in [3.05, 3.63) is 70.8 Å². The van der Waals surface area contributed by atoms with Gasteiger partial charge in [0.15, 0.2) is 0 Å². The van der Waals surface area contributed by atoms with E-state index < -0.39 is 0 Å². The third kappa shape index (κ3) is 7.63. The molecule has 2 aromatic carbocycles. The number of hydrogen-bond acceptors (Lipinski definition) is 2. The van der Waals surface area contributed by atoms with E-state index in [1.807, 2.05) is 12.2 Å². The van der Waals surface area contributed by atoms with Crippen LogP contribution in [-0.4, -0.2) is 12.6 Å². The molecule has 3 rings (SSSR count). The van der Waals surface area contributed by atoms with Gasteiger partial charge in [0.25, 0.3) is 0 Å². The first kappa shape index (κ1) is 28.8. The average Bonchev–Trinajstić information content (AvgIpc) is 3.18. The van der Waals surface area contributed by atoms with E-state index >= 15 is 0 Å². The number of hydrogen-bond donors (Lipinski definition) is 0. The molecule has 0 aliphatic heterocycles. The maximum Gasteiger partial charge on any atom is 0.142 e. The third-order valence-corrected chi connectivity index (χ3v) is 8.06. The standard InChI is InChI=1S/C35H46O2/c1-3-5-7-9-11-13-23-35(24-14-12-10-8-6-4-2)33-27-29(17-15-25-36)19-21-31(33)32-22-20-30(18-16-26-37)28-34(32)35/h15-22,25-28H,3-14,23-24H2,1-2H3/b17-15+,18-16+. The molecule has 0 saturated heterocycles. The molecule has 0 spiro atoms. The van der Waals surface area contributed by atoms with Crippen LogP contribution < -0.4 is 0 Å². The van der Waals surface area contributed by atoms with E-state index in [1.165, 1.54) is 99.3 Å². The van der Waals surface area contributed by atoms with Crippen LogP contribution in [0.25, 0.3) is 23.3 Å². The van der Waals surface area contributed by atoms with Gasteiger partial charge in [0.2, 0.25) is 0 Å². The molecule has 0 aromatic heterocycles. The summed E-state index contributed by atoms with van der Waals surface area (Å²) >= 11 is 0. The molecule has 0 bridgehead atoms. The molecule has 0 unspecified atom stereocenters. The summed E-state index contributed by atoms with van der Waals surface area (Å²) in [6, 6.07) is 13.4. The Balaban J connectivity index is 2.00. The lowest BCUT2D eigenvalue weighted by Crippen LogP contribution is -2.25. The summed E-state index contributed by atoms with van der Waals surface area (Å²) in [6.45, 7) is 4.55. The van der Waals surface area contributed by atoms with E-state index in [-0.39, 0.29) is 5.41 Å². The van der Waals surface area contributed by atoms with Crippen molar-refractivity contribution >= 4 is 24.7 Å². The van der Waals surface area contributed by atoms with Gasteiger partial charge in [0, 0.05) is 5.41 Å². The Morgan fingerprint density at radius 2 is 0.973 bits per heavy atom. The normalized spacial score (nSPS) is 13.8. The van der Waals surface area contributed by atoms with Gasteiger partial charge in [-0.05, 0) is 58.4 Å². The first-order valence-corrected chi connectivity index (χ1v) is 14.7. The van der Waals surface area contributed by atoms with Gasteiger partial charge in [-0.3, -0.25) is 9.59 Å². The third-order valence-electron chi connectivity index (χ3n) is 8.06. The summed E-state index contributed by atoms with van der Waals surface area (Å²) in [4.78, 5) is 22.0. The monoisotopic (exact) mass is 498 g/mol. The molecule has 0 radical (unpaired) electrons. The molecule has 0 amide bonds. The molecule has 0 saturated carbocycles. The van der Waals surface area contributed by atoms with Crippen LogP contribution in [0.2, 0.25) is 0 Å². The van der Waals surface area contributed by atoms with Gasteiger partial charge in [-0.1, -0.05) is 139 Å². The fourth-order valence-corrected chi connectivity index (χ4v) is 6.12. The van der Waals surface area contributed by atoms with Gasteiger partial charge in [-0.25, -0.2) is 0 Å². The van der Waals surface area contributed by atoms with Crippen LogP contribution in [0, 0.1) is 0 Å². The van der Waals surface area contributed by atoms with Crippen molar-refractivity contribution in [3.8, 4) is 11.1 Å². The van der Waals surface area contributed by atoms with E-state index in [0.29, 0.717) is 0 Å². The molecule has 37 heavy (non-hydrogen) atoms. The van der Waals surface area contributed by atoms with E-state index in [1.54, 1.807) is 12.2 Å². The van der Waals surface area contributed by atoms with Crippen LogP contribution in [0.15, 0.2) is 48.6 Å².